The number of nitrogens with one attached hydrogen (secondary N) is 3. The fourth-order valence-electron chi connectivity index (χ4n) is 4.61. The first-order valence-corrected chi connectivity index (χ1v) is 12.1. The lowest BCUT2D eigenvalue weighted by atomic mass is 10.0. The van der Waals surface area contributed by atoms with Crippen molar-refractivity contribution in [3.05, 3.63) is 71.5 Å². The van der Waals surface area contributed by atoms with E-state index < -0.39 is 12.0 Å². The molecule has 4 amide bonds. The van der Waals surface area contributed by atoms with Crippen molar-refractivity contribution in [3.8, 4) is 0 Å². The van der Waals surface area contributed by atoms with Crippen molar-refractivity contribution in [2.24, 2.45) is 0 Å². The van der Waals surface area contributed by atoms with Gasteiger partial charge in [0, 0.05) is 50.2 Å². The Hall–Kier alpha value is -4.08. The second kappa shape index (κ2) is 11.6. The summed E-state index contributed by atoms with van der Waals surface area (Å²) in [4.78, 5) is 41.7. The number of hydrogen-bond acceptors (Lipinski definition) is 5. The molecule has 10 heteroatoms. The topological polar surface area (TPSA) is 120 Å². The monoisotopic (exact) mass is 492 g/mol. The van der Waals surface area contributed by atoms with Crippen LogP contribution in [0, 0.1) is 6.92 Å². The van der Waals surface area contributed by atoms with Crippen LogP contribution in [0.1, 0.15) is 29.5 Å². The summed E-state index contributed by atoms with van der Waals surface area (Å²) in [6.07, 6.45) is 4.96. The number of carbonyl (C=O) groups is 3. The van der Waals surface area contributed by atoms with Crippen molar-refractivity contribution in [3.63, 3.8) is 0 Å². The molecule has 0 spiro atoms. The lowest BCUT2D eigenvalue weighted by Crippen LogP contribution is -2.54. The predicted octanol–water partition coefficient (Wildman–Crippen LogP) is 3.15. The molecule has 1 fully saturated rings. The summed E-state index contributed by atoms with van der Waals surface area (Å²) in [5, 5.41) is 12.6. The van der Waals surface area contributed by atoms with Gasteiger partial charge < -0.3 is 25.2 Å². The molecule has 1 atom stereocenters. The number of likely N-dealkylation sites (tertiary alicyclic amines) is 1. The Kier molecular flexibility index (Phi) is 8.04. The van der Waals surface area contributed by atoms with Crippen LogP contribution in [0.3, 0.4) is 0 Å². The minimum absolute atomic E-state index is 0.0398. The van der Waals surface area contributed by atoms with Crippen molar-refractivity contribution < 1.29 is 19.1 Å². The molecule has 10 nitrogen and oxygen atoms in total. The molecule has 190 valence electrons. The third-order valence-electron chi connectivity index (χ3n) is 6.53. The number of urea groups is 2. The molecule has 1 unspecified atom stereocenters. The highest BCUT2D eigenvalue weighted by Crippen LogP contribution is 2.27. The number of rotatable bonds is 5. The number of carbonyl (C=O) groups excluding carboxylic acids is 3. The Morgan fingerprint density at radius 2 is 1.97 bits per heavy atom. The van der Waals surface area contributed by atoms with Gasteiger partial charge in [0.1, 0.15) is 6.04 Å². The predicted molar refractivity (Wildman–Crippen MR) is 135 cm³/mol. The van der Waals surface area contributed by atoms with E-state index in [1.54, 1.807) is 23.4 Å². The molecule has 4 rings (SSSR count). The number of amides is 4. The number of aryl methyl sites for hydroxylation is 1. The van der Waals surface area contributed by atoms with Gasteiger partial charge in [-0.3, -0.25) is 5.10 Å². The SMILES string of the molecule is COC(=O)C(Cc1cccn[nH]cc(C)c1)NC(=O)N1CCC(N2Cc3ccccc3NC2=O)CC1. The average Bonchev–Trinajstić information content (AvgIpc) is 2.99. The van der Waals surface area contributed by atoms with E-state index in [1.807, 2.05) is 48.2 Å². The number of para-hydroxylation sites is 1. The normalized spacial score (nSPS) is 16.3. The number of benzene rings is 1. The van der Waals surface area contributed by atoms with Crippen LogP contribution in [-0.2, 0) is 22.5 Å². The van der Waals surface area contributed by atoms with Crippen molar-refractivity contribution in [1.82, 2.24) is 25.3 Å². The lowest BCUT2D eigenvalue weighted by molar-refractivity contribution is -0.142. The Labute approximate surface area is 210 Å². The lowest BCUT2D eigenvalue weighted by Gasteiger charge is -2.40. The fourth-order valence-corrected chi connectivity index (χ4v) is 4.61. The fraction of sp³-hybridized carbons (Fsp3) is 0.385. The van der Waals surface area contributed by atoms with E-state index in [4.69, 9.17) is 4.74 Å². The summed E-state index contributed by atoms with van der Waals surface area (Å²) in [5.41, 5.74) is 3.71. The van der Waals surface area contributed by atoms with Gasteiger partial charge in [0.2, 0.25) is 0 Å². The van der Waals surface area contributed by atoms with Gasteiger partial charge in [-0.2, -0.15) is 5.10 Å². The minimum atomic E-state index is -0.834. The van der Waals surface area contributed by atoms with Crippen LogP contribution in [0.5, 0.6) is 0 Å². The molecule has 2 aromatic rings. The van der Waals surface area contributed by atoms with Crippen LogP contribution in [0.25, 0.3) is 0 Å². The molecule has 2 aliphatic rings. The Morgan fingerprint density at radius 1 is 1.19 bits per heavy atom. The molecule has 2 aliphatic heterocycles. The molecule has 1 aromatic heterocycles. The molecular weight excluding hydrogens is 460 g/mol. The molecule has 3 N–H and O–H groups in total. The van der Waals surface area contributed by atoms with Crippen LogP contribution in [-0.4, -0.2) is 70.3 Å². The number of hydrogen-bond donors (Lipinski definition) is 3. The Morgan fingerprint density at radius 3 is 2.75 bits per heavy atom. The highest BCUT2D eigenvalue weighted by Gasteiger charge is 2.33. The van der Waals surface area contributed by atoms with E-state index in [0.29, 0.717) is 32.5 Å². The van der Waals surface area contributed by atoms with E-state index in [9.17, 15) is 14.4 Å². The highest BCUT2D eigenvalue weighted by molar-refractivity contribution is 5.92. The number of piperidine rings is 1. The maximum absolute atomic E-state index is 13.1. The van der Waals surface area contributed by atoms with Crippen molar-refractivity contribution in [2.45, 2.75) is 44.8 Å². The van der Waals surface area contributed by atoms with E-state index in [0.717, 1.165) is 22.4 Å². The quantitative estimate of drug-likeness (QED) is 0.554. The summed E-state index contributed by atoms with van der Waals surface area (Å²) < 4.78 is 4.96. The van der Waals surface area contributed by atoms with Gasteiger partial charge in [0.25, 0.3) is 0 Å². The first-order valence-electron chi connectivity index (χ1n) is 12.1. The number of aromatic nitrogens is 2. The third-order valence-corrected chi connectivity index (χ3v) is 6.53. The van der Waals surface area contributed by atoms with E-state index in [1.165, 1.54) is 7.11 Å². The van der Waals surface area contributed by atoms with Gasteiger partial charge in [0.15, 0.2) is 0 Å². The largest absolute Gasteiger partial charge is 0.467 e. The number of aromatic amines is 1. The maximum atomic E-state index is 13.1. The first kappa shape index (κ1) is 25.0. The van der Waals surface area contributed by atoms with Gasteiger partial charge in [-0.1, -0.05) is 30.3 Å². The van der Waals surface area contributed by atoms with E-state index >= 15 is 0 Å². The number of anilines is 1. The third kappa shape index (κ3) is 6.12. The molecule has 0 aliphatic carbocycles. The zero-order chi connectivity index (χ0) is 25.5. The van der Waals surface area contributed by atoms with Crippen LogP contribution < -0.4 is 10.6 Å². The summed E-state index contributed by atoms with van der Waals surface area (Å²) in [6.45, 7) is 3.45. The van der Waals surface area contributed by atoms with E-state index in [-0.39, 0.29) is 24.5 Å². The number of ether oxygens (including phenoxy) is 1. The number of nitrogens with zero attached hydrogens (tertiary/aromatic N) is 3. The molecule has 1 saturated heterocycles. The van der Waals surface area contributed by atoms with Crippen LogP contribution >= 0.6 is 0 Å². The number of fused-ring (bicyclic) bond motifs is 1. The maximum Gasteiger partial charge on any atom is 0.328 e. The molecule has 0 radical (unpaired) electrons. The summed E-state index contributed by atoms with van der Waals surface area (Å²) in [7, 11) is 1.31. The molecule has 1 aromatic carbocycles. The zero-order valence-electron chi connectivity index (χ0n) is 20.6. The summed E-state index contributed by atoms with van der Waals surface area (Å²) in [6, 6.07) is 12.1. The number of methoxy groups -OCH3 is 1. The van der Waals surface area contributed by atoms with Gasteiger partial charge >= 0.3 is 18.0 Å². The smallest absolute Gasteiger partial charge is 0.328 e. The zero-order valence-corrected chi connectivity index (χ0v) is 20.6. The average molecular weight is 493 g/mol. The first-order chi connectivity index (χ1) is 17.4. The standard InChI is InChI=1S/C26H32N6O4/c1-18-14-19(6-5-11-27-28-16-18)15-23(24(33)36-2)30-25(34)31-12-9-21(10-13-31)32-17-20-7-3-4-8-22(20)29-26(32)35/h3-8,11,14,16,21,23,28H,9-10,12-13,15,17H2,1-2H3,(H,29,35)(H,30,34). The molecule has 36 heavy (non-hydrogen) atoms. The Balaban J connectivity index is 1.38. The number of H-pyrrole nitrogens is 1. The number of esters is 1. The van der Waals surface area contributed by atoms with Crippen LogP contribution in [0.15, 0.2) is 54.9 Å². The van der Waals surface area contributed by atoms with Crippen LogP contribution in [0.2, 0.25) is 0 Å². The highest BCUT2D eigenvalue weighted by atomic mass is 16.5. The van der Waals surface area contributed by atoms with Gasteiger partial charge in [-0.05, 0) is 48.6 Å². The Bertz CT molecular complexity index is 1160. The molecule has 0 saturated carbocycles. The molecule has 0 bridgehead atoms. The molecule has 3 heterocycles. The summed E-state index contributed by atoms with van der Waals surface area (Å²) >= 11 is 0. The van der Waals surface area contributed by atoms with Gasteiger partial charge in [-0.15, -0.1) is 0 Å². The van der Waals surface area contributed by atoms with Gasteiger partial charge in [0.05, 0.1) is 7.11 Å². The minimum Gasteiger partial charge on any atom is -0.467 e. The van der Waals surface area contributed by atoms with Crippen molar-refractivity contribution in [1.29, 1.82) is 0 Å². The van der Waals surface area contributed by atoms with E-state index in [2.05, 4.69) is 20.8 Å². The second-order valence-electron chi connectivity index (χ2n) is 9.04. The second-order valence-corrected chi connectivity index (χ2v) is 9.04. The summed E-state index contributed by atoms with van der Waals surface area (Å²) in [5.74, 6) is -0.510. The van der Waals surface area contributed by atoms with Crippen molar-refractivity contribution >= 4 is 23.7 Å². The molecular formula is C26H32N6O4. The van der Waals surface area contributed by atoms with Crippen LogP contribution in [0.4, 0.5) is 15.3 Å². The van der Waals surface area contributed by atoms with Crippen molar-refractivity contribution in [2.75, 3.05) is 25.5 Å². The van der Waals surface area contributed by atoms with Gasteiger partial charge in [-0.25, -0.2) is 14.4 Å².